The van der Waals surface area contributed by atoms with Gasteiger partial charge in [-0.25, -0.2) is 4.98 Å². The Labute approximate surface area is 164 Å². The smallest absolute Gasteiger partial charge is 0.249 e. The molecule has 2 fully saturated rings. The zero-order valence-corrected chi connectivity index (χ0v) is 16.2. The van der Waals surface area contributed by atoms with Gasteiger partial charge in [0.2, 0.25) is 11.8 Å². The molecule has 0 N–H and O–H groups in total. The van der Waals surface area contributed by atoms with E-state index in [9.17, 15) is 9.59 Å². The molecule has 0 spiro atoms. The summed E-state index contributed by atoms with van der Waals surface area (Å²) in [6, 6.07) is 14.1. The fraction of sp³-hybridized carbons (Fsp3) is 0.409. The molecule has 3 aliphatic rings. The van der Waals surface area contributed by atoms with Gasteiger partial charge < -0.3 is 9.80 Å². The van der Waals surface area contributed by atoms with Crippen molar-refractivity contribution in [2.75, 3.05) is 21.7 Å². The Morgan fingerprint density at radius 1 is 1.00 bits per heavy atom. The molecule has 0 radical (unpaired) electrons. The summed E-state index contributed by atoms with van der Waals surface area (Å²) in [6.45, 7) is 1.95. The maximum absolute atomic E-state index is 12.7. The van der Waals surface area contributed by atoms with Crippen LogP contribution < -0.4 is 14.7 Å². The van der Waals surface area contributed by atoms with E-state index in [-0.39, 0.29) is 23.9 Å². The average molecular weight is 376 g/mol. The van der Waals surface area contributed by atoms with Crippen LogP contribution in [-0.4, -0.2) is 35.9 Å². The molecule has 3 heterocycles. The molecule has 1 aliphatic carbocycles. The van der Waals surface area contributed by atoms with E-state index in [1.807, 2.05) is 42.2 Å². The van der Waals surface area contributed by atoms with Gasteiger partial charge in [0.05, 0.1) is 11.7 Å². The minimum atomic E-state index is -0.230. The van der Waals surface area contributed by atoms with Crippen LogP contribution in [0.3, 0.4) is 0 Å². The zero-order valence-electron chi connectivity index (χ0n) is 16.2. The number of hydrogen-bond acceptors (Lipinski definition) is 4. The average Bonchev–Trinajstić information content (AvgIpc) is 3.47. The number of anilines is 3. The van der Waals surface area contributed by atoms with Gasteiger partial charge in [-0.1, -0.05) is 30.3 Å². The predicted octanol–water partition coefficient (Wildman–Crippen LogP) is 3.28. The molecular formula is C22H24N4O2. The molecule has 1 aromatic carbocycles. The third-order valence-corrected chi connectivity index (χ3v) is 6.13. The maximum atomic E-state index is 12.7. The first-order valence-electron chi connectivity index (χ1n) is 10.00. The summed E-state index contributed by atoms with van der Waals surface area (Å²) in [5.41, 5.74) is 1.95. The molecule has 2 aromatic rings. The van der Waals surface area contributed by atoms with Crippen molar-refractivity contribution < 1.29 is 9.59 Å². The van der Waals surface area contributed by atoms with E-state index < -0.39 is 0 Å². The number of pyridine rings is 1. The minimum absolute atomic E-state index is 0.00833. The monoisotopic (exact) mass is 376 g/mol. The van der Waals surface area contributed by atoms with E-state index in [2.05, 4.69) is 17.0 Å². The van der Waals surface area contributed by atoms with E-state index in [1.54, 1.807) is 11.9 Å². The summed E-state index contributed by atoms with van der Waals surface area (Å²) in [6.07, 6.45) is 3.49. The number of hydrogen-bond donors (Lipinski definition) is 0. The molecule has 1 aromatic heterocycles. The highest BCUT2D eigenvalue weighted by Gasteiger charge is 2.43. The second kappa shape index (κ2) is 6.33. The third-order valence-electron chi connectivity index (χ3n) is 6.13. The molecule has 2 amide bonds. The van der Waals surface area contributed by atoms with E-state index in [4.69, 9.17) is 4.98 Å². The van der Waals surface area contributed by atoms with E-state index >= 15 is 0 Å². The highest BCUT2D eigenvalue weighted by Crippen LogP contribution is 2.44. The lowest BCUT2D eigenvalue weighted by atomic mass is 10.0. The van der Waals surface area contributed by atoms with E-state index in [0.717, 1.165) is 36.3 Å². The Morgan fingerprint density at radius 3 is 2.46 bits per heavy atom. The van der Waals surface area contributed by atoms with Crippen molar-refractivity contribution in [3.63, 3.8) is 0 Å². The number of carbonyl (C=O) groups is 2. The topological polar surface area (TPSA) is 56.8 Å². The number of fused-ring (bicyclic) bond motifs is 1. The summed E-state index contributed by atoms with van der Waals surface area (Å²) >= 11 is 0. The number of aromatic nitrogens is 1. The van der Waals surface area contributed by atoms with Crippen LogP contribution in [0.5, 0.6) is 0 Å². The lowest BCUT2D eigenvalue weighted by Crippen LogP contribution is -2.52. The van der Waals surface area contributed by atoms with Crippen LogP contribution in [0.25, 0.3) is 0 Å². The third kappa shape index (κ3) is 2.58. The Morgan fingerprint density at radius 2 is 1.75 bits per heavy atom. The quantitative estimate of drug-likeness (QED) is 0.825. The number of amides is 2. The fourth-order valence-corrected chi connectivity index (χ4v) is 4.52. The van der Waals surface area contributed by atoms with Gasteiger partial charge in [-0.15, -0.1) is 0 Å². The van der Waals surface area contributed by atoms with Crippen LogP contribution in [0.15, 0.2) is 42.5 Å². The Balaban J connectivity index is 1.58. The number of nitrogens with zero attached hydrogens (tertiary/aromatic N) is 4. The van der Waals surface area contributed by atoms with Crippen LogP contribution in [0.1, 0.15) is 44.2 Å². The molecule has 2 aliphatic heterocycles. The molecule has 144 valence electrons. The van der Waals surface area contributed by atoms with Crippen LogP contribution >= 0.6 is 0 Å². The van der Waals surface area contributed by atoms with Crippen molar-refractivity contribution in [2.24, 2.45) is 0 Å². The largest absolute Gasteiger partial charge is 0.340 e. The second-order valence-corrected chi connectivity index (χ2v) is 7.95. The van der Waals surface area contributed by atoms with Crippen molar-refractivity contribution in [1.82, 2.24) is 4.98 Å². The molecule has 1 saturated carbocycles. The van der Waals surface area contributed by atoms with Gasteiger partial charge in [0.25, 0.3) is 0 Å². The van der Waals surface area contributed by atoms with E-state index in [0.29, 0.717) is 18.3 Å². The molecule has 6 nitrogen and oxygen atoms in total. The summed E-state index contributed by atoms with van der Waals surface area (Å²) < 4.78 is 0. The SMILES string of the molecule is CC1C(=O)N(C)c2ccc(N3C(=O)CCC3c3ccccc3)nc2N1C1CC1. The lowest BCUT2D eigenvalue weighted by Gasteiger charge is -2.40. The summed E-state index contributed by atoms with van der Waals surface area (Å²) in [7, 11) is 1.80. The van der Waals surface area contributed by atoms with Crippen LogP contribution in [0, 0.1) is 0 Å². The van der Waals surface area contributed by atoms with Gasteiger partial charge in [0.15, 0.2) is 5.82 Å². The normalized spacial score (nSPS) is 24.7. The number of rotatable bonds is 3. The standard InChI is InChI=1S/C22H24N4O2/c1-14-22(28)24(2)18-10-12-19(23-21(18)25(14)16-8-9-16)26-17(11-13-20(26)27)15-6-4-3-5-7-15/h3-7,10,12,14,16-17H,8-9,11,13H2,1-2H3. The second-order valence-electron chi connectivity index (χ2n) is 7.95. The maximum Gasteiger partial charge on any atom is 0.249 e. The first-order valence-corrected chi connectivity index (χ1v) is 10.00. The number of benzene rings is 1. The molecular weight excluding hydrogens is 352 g/mol. The molecule has 28 heavy (non-hydrogen) atoms. The van der Waals surface area contributed by atoms with Gasteiger partial charge >= 0.3 is 0 Å². The minimum Gasteiger partial charge on any atom is -0.340 e. The van der Waals surface area contributed by atoms with Crippen LogP contribution in [-0.2, 0) is 9.59 Å². The lowest BCUT2D eigenvalue weighted by molar-refractivity contribution is -0.119. The first-order chi connectivity index (χ1) is 13.6. The summed E-state index contributed by atoms with van der Waals surface area (Å²) in [5, 5.41) is 0. The van der Waals surface area contributed by atoms with Crippen molar-refractivity contribution in [3.05, 3.63) is 48.0 Å². The fourth-order valence-electron chi connectivity index (χ4n) is 4.52. The molecule has 0 bridgehead atoms. The summed E-state index contributed by atoms with van der Waals surface area (Å²) in [4.78, 5) is 36.0. The highest BCUT2D eigenvalue weighted by atomic mass is 16.2. The Hall–Kier alpha value is -2.89. The summed E-state index contributed by atoms with van der Waals surface area (Å²) in [5.74, 6) is 1.69. The van der Waals surface area contributed by atoms with Crippen molar-refractivity contribution in [2.45, 2.75) is 50.7 Å². The Bertz CT molecular complexity index is 941. The Kier molecular flexibility index (Phi) is 3.89. The van der Waals surface area contributed by atoms with Gasteiger partial charge in [0, 0.05) is 19.5 Å². The van der Waals surface area contributed by atoms with Gasteiger partial charge in [-0.3, -0.25) is 14.5 Å². The highest BCUT2D eigenvalue weighted by molar-refractivity contribution is 6.05. The van der Waals surface area contributed by atoms with Crippen LogP contribution in [0.4, 0.5) is 17.3 Å². The molecule has 6 heteroatoms. The van der Waals surface area contributed by atoms with Gasteiger partial charge in [-0.2, -0.15) is 0 Å². The molecule has 1 saturated heterocycles. The van der Waals surface area contributed by atoms with E-state index in [1.165, 1.54) is 0 Å². The van der Waals surface area contributed by atoms with Gasteiger partial charge in [-0.05, 0) is 43.9 Å². The molecule has 2 atom stereocenters. The van der Waals surface area contributed by atoms with Crippen molar-refractivity contribution >= 4 is 29.1 Å². The van der Waals surface area contributed by atoms with Crippen molar-refractivity contribution in [1.29, 1.82) is 0 Å². The predicted molar refractivity (Wildman–Crippen MR) is 109 cm³/mol. The molecule has 2 unspecified atom stereocenters. The van der Waals surface area contributed by atoms with Crippen molar-refractivity contribution in [3.8, 4) is 0 Å². The zero-order chi connectivity index (χ0) is 19.4. The molecule has 5 rings (SSSR count). The number of likely N-dealkylation sites (N-methyl/N-ethyl adjacent to an activating group) is 1. The number of carbonyl (C=O) groups excluding carboxylic acids is 2. The van der Waals surface area contributed by atoms with Gasteiger partial charge in [0.1, 0.15) is 11.9 Å². The first kappa shape index (κ1) is 17.2. The van der Waals surface area contributed by atoms with Crippen LogP contribution in [0.2, 0.25) is 0 Å².